The molecular formula is C48H61NO9Si. The van der Waals surface area contributed by atoms with Gasteiger partial charge >= 0.3 is 8.56 Å². The molecule has 316 valence electrons. The molecule has 3 aliphatic rings. The van der Waals surface area contributed by atoms with E-state index >= 15 is 0 Å². The minimum absolute atomic E-state index is 0.0857. The van der Waals surface area contributed by atoms with E-state index in [0.717, 1.165) is 40.2 Å². The van der Waals surface area contributed by atoms with Crippen molar-refractivity contribution in [2.24, 2.45) is 5.92 Å². The summed E-state index contributed by atoms with van der Waals surface area (Å²) in [5.41, 5.74) is 0.171. The number of carbonyl (C=O) groups is 1. The fourth-order valence-electron chi connectivity index (χ4n) is 8.90. The maximum absolute atomic E-state index is 13.5. The van der Waals surface area contributed by atoms with Crippen LogP contribution in [0.5, 0.6) is 5.75 Å². The number of amides is 1. The van der Waals surface area contributed by atoms with Crippen molar-refractivity contribution < 1.29 is 42.4 Å². The number of aliphatic hydroxyl groups is 1. The van der Waals surface area contributed by atoms with Crippen LogP contribution in [0.15, 0.2) is 115 Å². The van der Waals surface area contributed by atoms with Crippen LogP contribution in [0.25, 0.3) is 0 Å². The van der Waals surface area contributed by atoms with Crippen LogP contribution in [0.4, 0.5) is 5.69 Å². The first-order valence-corrected chi connectivity index (χ1v) is 22.9. The molecule has 59 heavy (non-hydrogen) atoms. The number of rotatable bonds is 15. The Balaban J connectivity index is 1.22. The molecule has 2 N–H and O–H groups in total. The molecule has 0 unspecified atom stereocenters. The number of ether oxygens (including phenoxy) is 5. The predicted octanol–water partition coefficient (Wildman–Crippen LogP) is 7.30. The van der Waals surface area contributed by atoms with Gasteiger partial charge in [-0.25, -0.2) is 0 Å². The number of nitrogens with one attached hydrogen (secondary N) is 1. The number of para-hydroxylation sites is 1. The summed E-state index contributed by atoms with van der Waals surface area (Å²) in [6.07, 6.45) is 1.48. The van der Waals surface area contributed by atoms with Crippen LogP contribution in [0.2, 0.25) is 0 Å². The second kappa shape index (κ2) is 18.4. The molecule has 0 aromatic heterocycles. The van der Waals surface area contributed by atoms with Gasteiger partial charge in [-0.15, -0.1) is 0 Å². The van der Waals surface area contributed by atoms with Gasteiger partial charge in [0, 0.05) is 24.9 Å². The smallest absolute Gasteiger partial charge is 0.407 e. The first-order valence-electron chi connectivity index (χ1n) is 21.1. The molecule has 11 heteroatoms. The van der Waals surface area contributed by atoms with Gasteiger partial charge in [0.2, 0.25) is 5.91 Å². The fourth-order valence-corrected chi connectivity index (χ4v) is 12.7. The summed E-state index contributed by atoms with van der Waals surface area (Å²) in [6, 6.07) is 37.7. The first kappa shape index (κ1) is 43.2. The highest BCUT2D eigenvalue weighted by molar-refractivity contribution is 6.92. The normalized spacial score (nSPS) is 27.0. The van der Waals surface area contributed by atoms with E-state index in [-0.39, 0.29) is 18.6 Å². The Kier molecular flexibility index (Phi) is 13.4. The lowest BCUT2D eigenvalue weighted by Gasteiger charge is -2.46. The molecule has 3 saturated heterocycles. The average Bonchev–Trinajstić information content (AvgIpc) is 3.81. The third kappa shape index (κ3) is 10.0. The van der Waals surface area contributed by atoms with Gasteiger partial charge in [0.15, 0.2) is 5.79 Å². The third-order valence-corrected chi connectivity index (χ3v) is 15.5. The van der Waals surface area contributed by atoms with Crippen LogP contribution < -0.4 is 20.4 Å². The van der Waals surface area contributed by atoms with E-state index in [2.05, 4.69) is 57.3 Å². The van der Waals surface area contributed by atoms with Gasteiger partial charge in [0.1, 0.15) is 18.0 Å². The summed E-state index contributed by atoms with van der Waals surface area (Å²) in [6.45, 7) is 10.3. The Hall–Kier alpha value is -3.91. The van der Waals surface area contributed by atoms with Crippen molar-refractivity contribution in [1.29, 1.82) is 0 Å². The van der Waals surface area contributed by atoms with Crippen molar-refractivity contribution in [2.75, 3.05) is 19.0 Å². The van der Waals surface area contributed by atoms with Crippen molar-refractivity contribution in [3.8, 4) is 5.75 Å². The van der Waals surface area contributed by atoms with Gasteiger partial charge in [0.25, 0.3) is 0 Å². The van der Waals surface area contributed by atoms with Gasteiger partial charge in [0.05, 0.1) is 55.8 Å². The lowest BCUT2D eigenvalue weighted by molar-refractivity contribution is -0.289. The molecule has 8 atom stereocenters. The van der Waals surface area contributed by atoms with Crippen molar-refractivity contribution >= 4 is 30.5 Å². The largest absolute Gasteiger partial charge is 0.497 e. The highest BCUT2D eigenvalue weighted by Gasteiger charge is 2.60. The number of benzene rings is 4. The molecule has 4 aromatic rings. The minimum atomic E-state index is -3.58. The van der Waals surface area contributed by atoms with Crippen molar-refractivity contribution in [3.05, 3.63) is 121 Å². The number of methoxy groups -OCH3 is 1. The maximum Gasteiger partial charge on any atom is 0.407 e. The summed E-state index contributed by atoms with van der Waals surface area (Å²) in [5, 5.41) is 15.8. The topological polar surface area (TPSA) is 114 Å². The van der Waals surface area contributed by atoms with E-state index in [1.54, 1.807) is 7.11 Å². The van der Waals surface area contributed by atoms with Crippen LogP contribution in [-0.4, -0.2) is 80.8 Å². The van der Waals surface area contributed by atoms with E-state index in [1.165, 1.54) is 0 Å². The average molecular weight is 824 g/mol. The van der Waals surface area contributed by atoms with Gasteiger partial charge in [-0.05, 0) is 87.2 Å². The molecule has 7 rings (SSSR count). The third-order valence-electron chi connectivity index (χ3n) is 11.8. The highest BCUT2D eigenvalue weighted by atomic mass is 28.4. The molecule has 3 aliphatic heterocycles. The Morgan fingerprint density at radius 1 is 0.847 bits per heavy atom. The number of hydrogen-bond acceptors (Lipinski definition) is 9. The minimum Gasteiger partial charge on any atom is -0.497 e. The van der Waals surface area contributed by atoms with Crippen molar-refractivity contribution in [3.63, 3.8) is 0 Å². The molecule has 0 bridgehead atoms. The quantitative estimate of drug-likeness (QED) is 0.119. The van der Waals surface area contributed by atoms with Crippen LogP contribution in [0.3, 0.4) is 0 Å². The van der Waals surface area contributed by atoms with Crippen molar-refractivity contribution in [1.82, 2.24) is 0 Å². The van der Waals surface area contributed by atoms with Crippen LogP contribution in [-0.2, 0) is 39.2 Å². The number of carbonyl (C=O) groups excluding carboxylic acids is 1. The summed E-state index contributed by atoms with van der Waals surface area (Å²) in [4.78, 5) is 13.5. The van der Waals surface area contributed by atoms with E-state index in [9.17, 15) is 9.90 Å². The Bertz CT molecular complexity index is 1910. The van der Waals surface area contributed by atoms with E-state index in [0.29, 0.717) is 32.3 Å². The maximum atomic E-state index is 13.5. The zero-order valence-corrected chi connectivity index (χ0v) is 36.3. The van der Waals surface area contributed by atoms with Gasteiger partial charge in [-0.1, -0.05) is 97.9 Å². The first-order chi connectivity index (χ1) is 28.3. The zero-order valence-electron chi connectivity index (χ0n) is 35.3. The van der Waals surface area contributed by atoms with Crippen LogP contribution >= 0.6 is 0 Å². The number of anilines is 1. The predicted molar refractivity (Wildman–Crippen MR) is 230 cm³/mol. The second-order valence-corrected chi connectivity index (χ2v) is 20.3. The number of hydrogen-bond donors (Lipinski definition) is 2. The van der Waals surface area contributed by atoms with Crippen LogP contribution in [0.1, 0.15) is 78.7 Å². The van der Waals surface area contributed by atoms with Gasteiger partial charge < -0.3 is 43.0 Å². The summed E-state index contributed by atoms with van der Waals surface area (Å²) < 4.78 is 48.1. The summed E-state index contributed by atoms with van der Waals surface area (Å²) in [7, 11) is -1.93. The molecule has 0 radical (unpaired) electrons. The van der Waals surface area contributed by atoms with E-state index in [1.807, 2.05) is 97.9 Å². The Labute approximate surface area is 350 Å². The molecule has 3 heterocycles. The van der Waals surface area contributed by atoms with E-state index in [4.69, 9.17) is 32.5 Å². The summed E-state index contributed by atoms with van der Waals surface area (Å²) in [5.74, 6) is -0.616. The van der Waals surface area contributed by atoms with Gasteiger partial charge in [-0.3, -0.25) is 4.79 Å². The van der Waals surface area contributed by atoms with Crippen LogP contribution in [0, 0.1) is 5.92 Å². The molecule has 0 saturated carbocycles. The Morgan fingerprint density at radius 3 is 2.05 bits per heavy atom. The summed E-state index contributed by atoms with van der Waals surface area (Å²) >= 11 is 0. The van der Waals surface area contributed by atoms with Crippen molar-refractivity contribution in [2.45, 2.75) is 127 Å². The number of aliphatic hydroxyl groups excluding tert-OH is 1. The Morgan fingerprint density at radius 2 is 1.46 bits per heavy atom. The lowest BCUT2D eigenvalue weighted by atomic mass is 9.89. The second-order valence-electron chi connectivity index (χ2n) is 17.5. The molecule has 4 aromatic carbocycles. The molecule has 1 spiro atoms. The lowest BCUT2D eigenvalue weighted by Crippen LogP contribution is -2.70. The van der Waals surface area contributed by atoms with Gasteiger partial charge in [-0.2, -0.15) is 0 Å². The molecule has 0 aliphatic carbocycles. The molecule has 1 amide bonds. The fraction of sp³-hybridized carbons (Fsp3) is 0.479. The SMILES string of the molecule is COc1ccc(CO[C@@H]2C[C@](C)([C@@H](O[Si](OC(C)(C)C)(c3ccccc3)c3ccccc3)[C@@H]3CC[C@]4(CCC[C@@H]([C@@H](C)C(=O)Nc5ccccc5)O4)O3)O[C@@H]2CO)cc1. The zero-order chi connectivity index (χ0) is 41.7. The standard InChI is InChI=1S/C48H61NO9Si/c1-34(45(51)49-36-17-10-7-11-18-36)40-23-16-29-48(55-40)30-28-41(56-48)44(47(5)31-42(43(32-50)54-47)53-33-35-24-26-37(52-6)27-25-35)57-59(58-46(2,3)4,38-19-12-8-13-20-38)39-21-14-9-15-22-39/h7-15,17-22,24-27,34,40-44,50H,16,23,28-33H2,1-6H3,(H,49,51)/t34-,40+,41+,42-,43-,44+,47-,48+/m1/s1. The monoisotopic (exact) mass is 823 g/mol. The molecular weight excluding hydrogens is 763 g/mol. The van der Waals surface area contributed by atoms with E-state index < -0.39 is 55.9 Å². The highest BCUT2D eigenvalue weighted by Crippen LogP contribution is 2.48. The molecule has 10 nitrogen and oxygen atoms in total. The molecule has 3 fully saturated rings.